The highest BCUT2D eigenvalue weighted by atomic mass is 16.6. The van der Waals surface area contributed by atoms with Crippen LogP contribution in [-0.2, 0) is 19.1 Å². The molecule has 0 bridgehead atoms. The Hall–Kier alpha value is -4.07. The predicted molar refractivity (Wildman–Crippen MR) is 129 cm³/mol. The molecule has 0 spiro atoms. The van der Waals surface area contributed by atoms with E-state index in [9.17, 15) is 14.4 Å². The van der Waals surface area contributed by atoms with E-state index in [1.165, 1.54) is 21.0 Å². The molecular formula is C27H24O8. The third-order valence-electron chi connectivity index (χ3n) is 6.19. The van der Waals surface area contributed by atoms with Crippen molar-refractivity contribution in [2.75, 3.05) is 7.11 Å². The van der Waals surface area contributed by atoms with E-state index in [2.05, 4.69) is 0 Å². The molecule has 2 atom stereocenters. The van der Waals surface area contributed by atoms with E-state index in [1.807, 2.05) is 30.3 Å². The lowest BCUT2D eigenvalue weighted by atomic mass is 9.86. The average molecular weight is 476 g/mol. The van der Waals surface area contributed by atoms with Crippen molar-refractivity contribution in [1.29, 1.82) is 0 Å². The molecule has 180 valence electrons. The molecule has 2 heterocycles. The SMILES string of the molecule is COc1c2c(cc3oc4cc5ccccc5cc4c(=O)c13)OC(C)(C)[C@H](OC(C)=O)[C@@H]2OC(C)=O. The van der Waals surface area contributed by atoms with Crippen molar-refractivity contribution in [2.24, 2.45) is 0 Å². The van der Waals surface area contributed by atoms with E-state index in [1.54, 1.807) is 26.0 Å². The largest absolute Gasteiger partial charge is 0.495 e. The van der Waals surface area contributed by atoms with Crippen LogP contribution in [0.3, 0.4) is 0 Å². The maximum absolute atomic E-state index is 13.7. The molecule has 0 N–H and O–H groups in total. The van der Waals surface area contributed by atoms with Gasteiger partial charge in [0, 0.05) is 19.9 Å². The van der Waals surface area contributed by atoms with Crippen molar-refractivity contribution >= 4 is 44.6 Å². The smallest absolute Gasteiger partial charge is 0.303 e. The van der Waals surface area contributed by atoms with E-state index < -0.39 is 29.7 Å². The van der Waals surface area contributed by atoms with E-state index in [0.29, 0.717) is 22.3 Å². The quantitative estimate of drug-likeness (QED) is 0.307. The molecular weight excluding hydrogens is 452 g/mol. The fourth-order valence-corrected chi connectivity index (χ4v) is 4.76. The molecule has 0 radical (unpaired) electrons. The fourth-order valence-electron chi connectivity index (χ4n) is 4.76. The number of ether oxygens (including phenoxy) is 4. The Labute approximate surface area is 200 Å². The second-order valence-electron chi connectivity index (χ2n) is 9.09. The first-order valence-corrected chi connectivity index (χ1v) is 11.1. The maximum atomic E-state index is 13.7. The van der Waals surface area contributed by atoms with Crippen LogP contribution in [0.2, 0.25) is 0 Å². The zero-order chi connectivity index (χ0) is 25.1. The Morgan fingerprint density at radius 3 is 2.23 bits per heavy atom. The zero-order valence-corrected chi connectivity index (χ0v) is 20.0. The van der Waals surface area contributed by atoms with Crippen LogP contribution in [0.1, 0.15) is 39.4 Å². The van der Waals surface area contributed by atoms with Crippen LogP contribution < -0.4 is 14.9 Å². The molecule has 8 heteroatoms. The summed E-state index contributed by atoms with van der Waals surface area (Å²) in [7, 11) is 1.41. The maximum Gasteiger partial charge on any atom is 0.303 e. The van der Waals surface area contributed by atoms with Crippen molar-refractivity contribution in [2.45, 2.75) is 45.5 Å². The molecule has 8 nitrogen and oxygen atoms in total. The minimum atomic E-state index is -1.07. The van der Waals surface area contributed by atoms with E-state index in [-0.39, 0.29) is 22.1 Å². The van der Waals surface area contributed by atoms with Crippen LogP contribution in [0, 0.1) is 0 Å². The third-order valence-corrected chi connectivity index (χ3v) is 6.19. The van der Waals surface area contributed by atoms with Gasteiger partial charge in [-0.05, 0) is 36.8 Å². The minimum Gasteiger partial charge on any atom is -0.495 e. The number of carbonyl (C=O) groups excluding carboxylic acids is 2. The van der Waals surface area contributed by atoms with Gasteiger partial charge in [-0.25, -0.2) is 0 Å². The average Bonchev–Trinajstić information content (AvgIpc) is 2.78. The molecule has 0 amide bonds. The fraction of sp³-hybridized carbons (Fsp3) is 0.296. The van der Waals surface area contributed by atoms with Gasteiger partial charge >= 0.3 is 11.9 Å². The van der Waals surface area contributed by atoms with Gasteiger partial charge < -0.3 is 23.4 Å². The van der Waals surface area contributed by atoms with Gasteiger partial charge in [-0.15, -0.1) is 0 Å². The van der Waals surface area contributed by atoms with Gasteiger partial charge in [0.2, 0.25) is 5.43 Å². The topological polar surface area (TPSA) is 101 Å². The Bertz CT molecular complexity index is 1580. The van der Waals surface area contributed by atoms with Crippen molar-refractivity contribution in [3.63, 3.8) is 0 Å². The highest BCUT2D eigenvalue weighted by molar-refractivity contribution is 6.01. The Morgan fingerprint density at radius 1 is 0.943 bits per heavy atom. The molecule has 1 aliphatic heterocycles. The van der Waals surface area contributed by atoms with Crippen molar-refractivity contribution < 1.29 is 33.0 Å². The van der Waals surface area contributed by atoms with Crippen LogP contribution in [0.5, 0.6) is 11.5 Å². The van der Waals surface area contributed by atoms with Crippen LogP contribution in [0.25, 0.3) is 32.7 Å². The molecule has 3 aromatic carbocycles. The van der Waals surface area contributed by atoms with Gasteiger partial charge in [-0.2, -0.15) is 0 Å². The minimum absolute atomic E-state index is 0.139. The Kier molecular flexibility index (Phi) is 5.20. The van der Waals surface area contributed by atoms with Gasteiger partial charge in [-0.3, -0.25) is 14.4 Å². The standard InChI is InChI=1S/C27H24O8/c1-13(28)32-25-22-20(35-27(3,4)26(25)33-14(2)29)12-19-21(24(22)31-5)23(30)17-10-15-8-6-7-9-16(15)11-18(17)34-19/h6-12,25-26H,1-5H3/t25-,26-/m1/s1. The summed E-state index contributed by atoms with van der Waals surface area (Å²) >= 11 is 0. The molecule has 4 aromatic rings. The number of fused-ring (bicyclic) bond motifs is 4. The highest BCUT2D eigenvalue weighted by Gasteiger charge is 2.50. The first-order chi connectivity index (χ1) is 16.6. The lowest BCUT2D eigenvalue weighted by Crippen LogP contribution is -2.52. The Balaban J connectivity index is 1.86. The molecule has 0 aliphatic carbocycles. The highest BCUT2D eigenvalue weighted by Crippen LogP contribution is 2.50. The molecule has 1 aromatic heterocycles. The molecule has 35 heavy (non-hydrogen) atoms. The van der Waals surface area contributed by atoms with E-state index in [4.69, 9.17) is 23.4 Å². The van der Waals surface area contributed by atoms with Crippen LogP contribution in [0.15, 0.2) is 51.7 Å². The van der Waals surface area contributed by atoms with Gasteiger partial charge in [-0.1, -0.05) is 24.3 Å². The summed E-state index contributed by atoms with van der Waals surface area (Å²) in [4.78, 5) is 37.7. The van der Waals surface area contributed by atoms with Crippen LogP contribution in [-0.4, -0.2) is 30.8 Å². The van der Waals surface area contributed by atoms with Crippen LogP contribution >= 0.6 is 0 Å². The van der Waals surface area contributed by atoms with Gasteiger partial charge in [0.05, 0.1) is 18.1 Å². The van der Waals surface area contributed by atoms with Crippen molar-refractivity contribution in [3.05, 3.63) is 58.3 Å². The normalized spacial score (nSPS) is 18.7. The van der Waals surface area contributed by atoms with Crippen molar-refractivity contribution in [3.8, 4) is 11.5 Å². The molecule has 0 saturated heterocycles. The lowest BCUT2D eigenvalue weighted by Gasteiger charge is -2.43. The molecule has 0 saturated carbocycles. The number of methoxy groups -OCH3 is 1. The monoisotopic (exact) mass is 476 g/mol. The van der Waals surface area contributed by atoms with E-state index >= 15 is 0 Å². The summed E-state index contributed by atoms with van der Waals surface area (Å²) < 4.78 is 29.3. The summed E-state index contributed by atoms with van der Waals surface area (Å²) in [6, 6.07) is 12.9. The predicted octanol–water partition coefficient (Wildman–Crippen LogP) is 4.81. The third kappa shape index (κ3) is 3.65. The molecule has 5 rings (SSSR count). The molecule has 0 unspecified atom stereocenters. The summed E-state index contributed by atoms with van der Waals surface area (Å²) in [5, 5.41) is 2.38. The van der Waals surface area contributed by atoms with Gasteiger partial charge in [0.25, 0.3) is 0 Å². The van der Waals surface area contributed by atoms with Gasteiger partial charge in [0.1, 0.15) is 33.7 Å². The number of esters is 2. The summed E-state index contributed by atoms with van der Waals surface area (Å²) in [6.45, 7) is 5.96. The lowest BCUT2D eigenvalue weighted by molar-refractivity contribution is -0.188. The second-order valence-corrected chi connectivity index (χ2v) is 9.09. The first kappa shape index (κ1) is 22.7. The first-order valence-electron chi connectivity index (χ1n) is 11.1. The Morgan fingerprint density at radius 2 is 1.60 bits per heavy atom. The summed E-state index contributed by atoms with van der Waals surface area (Å²) in [5.41, 5.74) is -0.384. The number of hydrogen-bond donors (Lipinski definition) is 0. The number of rotatable bonds is 3. The number of benzene rings is 3. The van der Waals surface area contributed by atoms with Gasteiger partial charge in [0.15, 0.2) is 12.2 Å². The summed E-state index contributed by atoms with van der Waals surface area (Å²) in [6.07, 6.45) is -2.06. The number of carbonyl (C=O) groups is 2. The van der Waals surface area contributed by atoms with Crippen molar-refractivity contribution in [1.82, 2.24) is 0 Å². The zero-order valence-electron chi connectivity index (χ0n) is 20.0. The second kappa shape index (κ2) is 8.01. The summed E-state index contributed by atoms with van der Waals surface area (Å²) in [5.74, 6) is -0.711. The van der Waals surface area contributed by atoms with Crippen LogP contribution in [0.4, 0.5) is 0 Å². The molecule has 0 fully saturated rings. The number of hydrogen-bond acceptors (Lipinski definition) is 8. The molecule has 1 aliphatic rings. The van der Waals surface area contributed by atoms with E-state index in [0.717, 1.165) is 10.8 Å².